The Morgan fingerprint density at radius 2 is 2.30 bits per heavy atom. The second-order valence-electron chi connectivity index (χ2n) is 6.62. The van der Waals surface area contributed by atoms with E-state index in [0.717, 1.165) is 11.3 Å². The molecule has 1 fully saturated rings. The predicted molar refractivity (Wildman–Crippen MR) is 99.9 cm³/mol. The van der Waals surface area contributed by atoms with Crippen molar-refractivity contribution < 1.29 is 14.3 Å². The molecule has 8 heteroatoms. The topological polar surface area (TPSA) is 90.6 Å². The van der Waals surface area contributed by atoms with Gasteiger partial charge in [0.15, 0.2) is 0 Å². The summed E-state index contributed by atoms with van der Waals surface area (Å²) in [6.07, 6.45) is 3.50. The first-order valence-electron chi connectivity index (χ1n) is 8.93. The van der Waals surface area contributed by atoms with Crippen molar-refractivity contribution in [3.63, 3.8) is 0 Å². The average Bonchev–Trinajstić information content (AvgIpc) is 3.17. The molecule has 2 N–H and O–H groups in total. The first kappa shape index (κ1) is 18.9. The van der Waals surface area contributed by atoms with Gasteiger partial charge in [-0.25, -0.2) is 4.98 Å². The van der Waals surface area contributed by atoms with Gasteiger partial charge < -0.3 is 19.9 Å². The van der Waals surface area contributed by atoms with Gasteiger partial charge in [0.05, 0.1) is 26.1 Å². The molecule has 3 rings (SSSR count). The van der Waals surface area contributed by atoms with Crippen LogP contribution in [0.2, 0.25) is 0 Å². The Labute approximate surface area is 158 Å². The number of aromatic nitrogens is 2. The predicted octanol–water partition coefficient (Wildman–Crippen LogP) is 0.767. The molecule has 27 heavy (non-hydrogen) atoms. The molecule has 2 heterocycles. The van der Waals surface area contributed by atoms with Crippen LogP contribution in [0, 0.1) is 0 Å². The van der Waals surface area contributed by atoms with Crippen molar-refractivity contribution in [1.29, 1.82) is 0 Å². The van der Waals surface area contributed by atoms with Crippen LogP contribution in [0.25, 0.3) is 0 Å². The smallest absolute Gasteiger partial charge is 0.237 e. The third kappa shape index (κ3) is 4.85. The minimum absolute atomic E-state index is 0.0934. The van der Waals surface area contributed by atoms with E-state index in [9.17, 15) is 9.59 Å². The average molecular weight is 371 g/mol. The fraction of sp³-hybridized carbons (Fsp3) is 0.421. The van der Waals surface area contributed by atoms with E-state index in [4.69, 9.17) is 4.74 Å². The van der Waals surface area contributed by atoms with E-state index in [0.29, 0.717) is 32.0 Å². The van der Waals surface area contributed by atoms with E-state index >= 15 is 0 Å². The molecule has 0 radical (unpaired) electrons. The van der Waals surface area contributed by atoms with E-state index in [2.05, 4.69) is 15.3 Å². The second-order valence-corrected chi connectivity index (χ2v) is 6.62. The number of imidazole rings is 1. The fourth-order valence-corrected chi connectivity index (χ4v) is 3.20. The normalized spacial score (nSPS) is 17.4. The van der Waals surface area contributed by atoms with E-state index in [-0.39, 0.29) is 18.2 Å². The van der Waals surface area contributed by atoms with Crippen LogP contribution in [0.1, 0.15) is 17.8 Å². The van der Waals surface area contributed by atoms with Gasteiger partial charge in [0.25, 0.3) is 0 Å². The van der Waals surface area contributed by atoms with Crippen molar-refractivity contribution in [1.82, 2.24) is 25.1 Å². The minimum Gasteiger partial charge on any atom is -0.497 e. The summed E-state index contributed by atoms with van der Waals surface area (Å²) in [6, 6.07) is 7.27. The highest BCUT2D eigenvalue weighted by Crippen LogP contribution is 2.18. The first-order valence-corrected chi connectivity index (χ1v) is 8.93. The number of piperazine rings is 1. The van der Waals surface area contributed by atoms with Gasteiger partial charge in [0.1, 0.15) is 11.6 Å². The Balaban J connectivity index is 1.66. The van der Waals surface area contributed by atoms with Gasteiger partial charge in [-0.15, -0.1) is 0 Å². The summed E-state index contributed by atoms with van der Waals surface area (Å²) in [5, 5.41) is 2.87. The van der Waals surface area contributed by atoms with Crippen LogP contribution >= 0.6 is 0 Å². The SMILES string of the molecule is COc1cccc(CN2CCNC(=O)[C@@H]2CC(=O)N(C)Cc2ncc[nH]2)c1. The van der Waals surface area contributed by atoms with Gasteiger partial charge in [0.2, 0.25) is 11.8 Å². The lowest BCUT2D eigenvalue weighted by atomic mass is 10.1. The highest BCUT2D eigenvalue weighted by Gasteiger charge is 2.32. The second kappa shape index (κ2) is 8.68. The van der Waals surface area contributed by atoms with E-state index < -0.39 is 6.04 Å². The van der Waals surface area contributed by atoms with Crippen LogP contribution in [0.15, 0.2) is 36.7 Å². The molecule has 1 atom stereocenters. The van der Waals surface area contributed by atoms with Gasteiger partial charge in [-0.3, -0.25) is 14.5 Å². The Morgan fingerprint density at radius 1 is 1.44 bits per heavy atom. The number of ether oxygens (including phenoxy) is 1. The van der Waals surface area contributed by atoms with Gasteiger partial charge in [-0.05, 0) is 17.7 Å². The molecule has 1 saturated heterocycles. The van der Waals surface area contributed by atoms with Crippen molar-refractivity contribution in [3.05, 3.63) is 48.0 Å². The van der Waals surface area contributed by atoms with Crippen molar-refractivity contribution in [2.45, 2.75) is 25.6 Å². The number of rotatable bonds is 7. The van der Waals surface area contributed by atoms with Crippen LogP contribution in [0.5, 0.6) is 5.75 Å². The summed E-state index contributed by atoms with van der Waals surface area (Å²) in [5.74, 6) is 1.29. The summed E-state index contributed by atoms with van der Waals surface area (Å²) in [7, 11) is 3.35. The lowest BCUT2D eigenvalue weighted by Crippen LogP contribution is -2.56. The number of hydrogen-bond donors (Lipinski definition) is 2. The number of hydrogen-bond acceptors (Lipinski definition) is 5. The number of aromatic amines is 1. The zero-order valence-electron chi connectivity index (χ0n) is 15.6. The summed E-state index contributed by atoms with van der Waals surface area (Å²) >= 11 is 0. The number of amides is 2. The highest BCUT2D eigenvalue weighted by atomic mass is 16.5. The standard InChI is InChI=1S/C19H25N5O3/c1-23(13-17-20-6-7-21-17)18(25)11-16-19(26)22-8-9-24(16)12-14-4-3-5-15(10-14)27-2/h3-7,10,16H,8-9,11-13H2,1-2H3,(H,20,21)(H,22,26)/t16-/m0/s1. The molecule has 8 nitrogen and oxygen atoms in total. The third-order valence-electron chi connectivity index (χ3n) is 4.70. The van der Waals surface area contributed by atoms with Crippen LogP contribution in [0.4, 0.5) is 0 Å². The molecule has 0 aliphatic carbocycles. The number of H-pyrrole nitrogens is 1. The molecular weight excluding hydrogens is 346 g/mol. The number of methoxy groups -OCH3 is 1. The van der Waals surface area contributed by atoms with Crippen molar-refractivity contribution in [2.24, 2.45) is 0 Å². The Bertz CT molecular complexity index is 777. The van der Waals surface area contributed by atoms with Crippen molar-refractivity contribution >= 4 is 11.8 Å². The monoisotopic (exact) mass is 371 g/mol. The number of nitrogens with one attached hydrogen (secondary N) is 2. The summed E-state index contributed by atoms with van der Waals surface area (Å²) in [4.78, 5) is 35.8. The molecule has 1 aromatic heterocycles. The quantitative estimate of drug-likeness (QED) is 0.750. The van der Waals surface area contributed by atoms with Crippen LogP contribution in [-0.2, 0) is 22.7 Å². The molecule has 1 aliphatic heterocycles. The largest absolute Gasteiger partial charge is 0.497 e. The lowest BCUT2D eigenvalue weighted by molar-refractivity contribution is -0.138. The molecule has 2 aromatic rings. The summed E-state index contributed by atoms with van der Waals surface area (Å²) in [6.45, 7) is 2.25. The first-order chi connectivity index (χ1) is 13.1. The molecule has 1 aliphatic rings. The van der Waals surface area contributed by atoms with E-state index in [1.54, 1.807) is 31.5 Å². The Kier molecular flexibility index (Phi) is 6.08. The maximum atomic E-state index is 12.6. The number of nitrogens with zero attached hydrogens (tertiary/aromatic N) is 3. The number of carbonyl (C=O) groups is 2. The molecule has 144 valence electrons. The minimum atomic E-state index is -0.489. The van der Waals surface area contributed by atoms with Crippen LogP contribution in [0.3, 0.4) is 0 Å². The number of carbonyl (C=O) groups excluding carboxylic acids is 2. The van der Waals surface area contributed by atoms with Gasteiger partial charge in [-0.1, -0.05) is 12.1 Å². The highest BCUT2D eigenvalue weighted by molar-refractivity contribution is 5.88. The van der Waals surface area contributed by atoms with Gasteiger partial charge >= 0.3 is 0 Å². The fourth-order valence-electron chi connectivity index (χ4n) is 3.20. The molecular formula is C19H25N5O3. The van der Waals surface area contributed by atoms with E-state index in [1.165, 1.54) is 0 Å². The maximum absolute atomic E-state index is 12.6. The molecule has 0 saturated carbocycles. The Morgan fingerprint density at radius 3 is 3.04 bits per heavy atom. The van der Waals surface area contributed by atoms with Gasteiger partial charge in [0, 0.05) is 39.1 Å². The zero-order chi connectivity index (χ0) is 19.2. The molecule has 0 bridgehead atoms. The molecule has 0 spiro atoms. The van der Waals surface area contributed by atoms with Gasteiger partial charge in [-0.2, -0.15) is 0 Å². The molecule has 0 unspecified atom stereocenters. The van der Waals surface area contributed by atoms with Crippen LogP contribution in [-0.4, -0.2) is 64.9 Å². The summed E-state index contributed by atoms with van der Waals surface area (Å²) in [5.41, 5.74) is 1.05. The lowest BCUT2D eigenvalue weighted by Gasteiger charge is -2.35. The molecule has 1 aromatic carbocycles. The van der Waals surface area contributed by atoms with E-state index in [1.807, 2.05) is 29.2 Å². The van der Waals surface area contributed by atoms with Crippen LogP contribution < -0.4 is 10.1 Å². The van der Waals surface area contributed by atoms with Crippen molar-refractivity contribution in [3.8, 4) is 5.75 Å². The zero-order valence-corrected chi connectivity index (χ0v) is 15.6. The molecule has 2 amide bonds. The third-order valence-corrected chi connectivity index (χ3v) is 4.70. The maximum Gasteiger partial charge on any atom is 0.237 e. The van der Waals surface area contributed by atoms with Crippen molar-refractivity contribution in [2.75, 3.05) is 27.2 Å². The summed E-state index contributed by atoms with van der Waals surface area (Å²) < 4.78 is 5.27. The Hall–Kier alpha value is -2.87. The number of benzene rings is 1.